The van der Waals surface area contributed by atoms with Gasteiger partial charge in [-0.05, 0) is 6.08 Å². The molecule has 0 aliphatic heterocycles. The molecule has 0 heterocycles. The first-order valence-corrected chi connectivity index (χ1v) is 2.89. The number of hydrogen-bond acceptors (Lipinski definition) is 1. The molecule has 0 aromatic rings. The van der Waals surface area contributed by atoms with E-state index < -0.39 is 11.5 Å². The molecular weight excluding hydrogens is 131 g/mol. The molecule has 0 fully saturated rings. The highest BCUT2D eigenvalue weighted by Gasteiger charge is 2.30. The summed E-state index contributed by atoms with van der Waals surface area (Å²) in [6.07, 6.45) is 7.23. The fraction of sp³-hybridized carbons (Fsp3) is 0.143. The third-order valence-electron chi connectivity index (χ3n) is 1.31. The summed E-state index contributed by atoms with van der Waals surface area (Å²) >= 11 is 0. The molecule has 53 valence electrons. The molecule has 0 aromatic heterocycles. The lowest BCUT2D eigenvalue weighted by atomic mass is 9.96. The monoisotopic (exact) mass is 139 g/mol. The van der Waals surface area contributed by atoms with Crippen molar-refractivity contribution in [3.8, 4) is 0 Å². The molecule has 0 aromatic carbocycles. The molecule has 0 saturated carbocycles. The topological polar surface area (TPSA) is 49.9 Å². The van der Waals surface area contributed by atoms with E-state index in [9.17, 15) is 4.39 Å². The molecular formula is C7H8FN2. The zero-order valence-electron chi connectivity index (χ0n) is 5.34. The second kappa shape index (κ2) is 2.25. The fourth-order valence-corrected chi connectivity index (χ4v) is 0.690. The predicted molar refractivity (Wildman–Crippen MR) is 38.3 cm³/mol. The van der Waals surface area contributed by atoms with Gasteiger partial charge in [0.25, 0.3) is 0 Å². The van der Waals surface area contributed by atoms with Gasteiger partial charge < -0.3 is 5.73 Å². The number of nitrogens with two attached hydrogens (primary N) is 1. The first-order chi connectivity index (χ1) is 4.65. The number of hydrogen-bond donors (Lipinski definition) is 2. The normalized spacial score (nSPS) is 30.5. The molecule has 1 aliphatic rings. The number of amidine groups is 1. The Hall–Kier alpha value is -1.12. The zero-order valence-corrected chi connectivity index (χ0v) is 5.34. The van der Waals surface area contributed by atoms with Gasteiger partial charge in [-0.1, -0.05) is 18.2 Å². The van der Waals surface area contributed by atoms with Crippen LogP contribution in [0.1, 0.15) is 0 Å². The maximum absolute atomic E-state index is 13.2. The predicted octanol–water partition coefficient (Wildman–Crippen LogP) is 0.961. The first-order valence-electron chi connectivity index (χ1n) is 2.89. The lowest BCUT2D eigenvalue weighted by Gasteiger charge is -2.18. The van der Waals surface area contributed by atoms with Crippen molar-refractivity contribution in [2.45, 2.75) is 5.67 Å². The minimum atomic E-state index is -1.85. The van der Waals surface area contributed by atoms with Gasteiger partial charge in [0.05, 0.1) is 0 Å². The lowest BCUT2D eigenvalue weighted by molar-refractivity contribution is 0.372. The quantitative estimate of drug-likeness (QED) is 0.412. The Balaban J connectivity index is 2.80. The molecule has 1 radical (unpaired) electrons. The Morgan fingerprint density at radius 3 is 2.40 bits per heavy atom. The minimum absolute atomic E-state index is 0.479. The molecule has 1 atom stereocenters. The van der Waals surface area contributed by atoms with Gasteiger partial charge in [-0.2, -0.15) is 0 Å². The summed E-state index contributed by atoms with van der Waals surface area (Å²) in [5.41, 5.74) is 3.14. The number of halogens is 1. The van der Waals surface area contributed by atoms with Gasteiger partial charge in [0.15, 0.2) is 5.67 Å². The summed E-state index contributed by atoms with van der Waals surface area (Å²) in [6.45, 7) is 0. The van der Waals surface area contributed by atoms with Crippen LogP contribution in [0.3, 0.4) is 0 Å². The maximum Gasteiger partial charge on any atom is 0.192 e. The van der Waals surface area contributed by atoms with Crippen molar-refractivity contribution in [1.29, 1.82) is 5.41 Å². The summed E-state index contributed by atoms with van der Waals surface area (Å²) in [7, 11) is 0. The highest BCUT2D eigenvalue weighted by molar-refractivity contribution is 5.90. The molecule has 1 rings (SSSR count). The van der Waals surface area contributed by atoms with E-state index in [0.29, 0.717) is 0 Å². The molecule has 10 heavy (non-hydrogen) atoms. The molecule has 0 bridgehead atoms. The molecule has 3 heteroatoms. The van der Waals surface area contributed by atoms with Crippen LogP contribution in [-0.4, -0.2) is 11.5 Å². The van der Waals surface area contributed by atoms with Crippen LogP contribution in [0.4, 0.5) is 4.39 Å². The molecule has 1 aliphatic carbocycles. The number of nitrogens with one attached hydrogen (secondary N) is 1. The van der Waals surface area contributed by atoms with Gasteiger partial charge >= 0.3 is 0 Å². The van der Waals surface area contributed by atoms with E-state index >= 15 is 0 Å². The van der Waals surface area contributed by atoms with E-state index in [1.165, 1.54) is 24.6 Å². The fourth-order valence-electron chi connectivity index (χ4n) is 0.690. The summed E-state index contributed by atoms with van der Waals surface area (Å²) in [6, 6.07) is 0. The van der Waals surface area contributed by atoms with Crippen LogP contribution in [0.2, 0.25) is 0 Å². The molecule has 0 spiro atoms. The van der Waals surface area contributed by atoms with Crippen molar-refractivity contribution in [3.05, 3.63) is 30.7 Å². The van der Waals surface area contributed by atoms with Crippen LogP contribution in [0.15, 0.2) is 24.3 Å². The van der Waals surface area contributed by atoms with E-state index in [4.69, 9.17) is 11.1 Å². The highest BCUT2D eigenvalue weighted by atomic mass is 19.1. The summed E-state index contributed by atoms with van der Waals surface area (Å²) < 4.78 is 13.2. The second-order valence-corrected chi connectivity index (χ2v) is 2.09. The Morgan fingerprint density at radius 2 is 2.10 bits per heavy atom. The average molecular weight is 139 g/mol. The van der Waals surface area contributed by atoms with Gasteiger partial charge in [0.1, 0.15) is 5.84 Å². The van der Waals surface area contributed by atoms with E-state index in [0.717, 1.165) is 0 Å². The van der Waals surface area contributed by atoms with Crippen LogP contribution in [0, 0.1) is 11.8 Å². The molecule has 0 saturated heterocycles. The van der Waals surface area contributed by atoms with Gasteiger partial charge in [0.2, 0.25) is 0 Å². The molecule has 0 amide bonds. The standard InChI is InChI=1S/C7H8FN2/c8-7(6(9)10)4-2-1-3-5-7/h1-5H,(H3,9,10). The Bertz CT molecular complexity index is 208. The van der Waals surface area contributed by atoms with Crippen molar-refractivity contribution < 1.29 is 4.39 Å². The summed E-state index contributed by atoms with van der Waals surface area (Å²) in [5, 5.41) is 6.87. The highest BCUT2D eigenvalue weighted by Crippen LogP contribution is 2.20. The van der Waals surface area contributed by atoms with E-state index in [1.807, 2.05) is 0 Å². The molecule has 2 nitrogen and oxygen atoms in total. The van der Waals surface area contributed by atoms with E-state index in [-0.39, 0.29) is 0 Å². The van der Waals surface area contributed by atoms with E-state index in [1.54, 1.807) is 6.08 Å². The molecule has 3 N–H and O–H groups in total. The van der Waals surface area contributed by atoms with Crippen LogP contribution in [0.25, 0.3) is 0 Å². The van der Waals surface area contributed by atoms with Crippen molar-refractivity contribution in [1.82, 2.24) is 0 Å². The van der Waals surface area contributed by atoms with Gasteiger partial charge in [-0.25, -0.2) is 4.39 Å². The van der Waals surface area contributed by atoms with Gasteiger partial charge in [0, 0.05) is 6.42 Å². The van der Waals surface area contributed by atoms with Crippen molar-refractivity contribution in [3.63, 3.8) is 0 Å². The third-order valence-corrected chi connectivity index (χ3v) is 1.31. The summed E-state index contributed by atoms with van der Waals surface area (Å²) in [4.78, 5) is 0. The van der Waals surface area contributed by atoms with Crippen molar-refractivity contribution >= 4 is 5.84 Å². The largest absolute Gasteiger partial charge is 0.385 e. The average Bonchev–Trinajstić information content (AvgIpc) is 1.89. The zero-order chi connectivity index (χ0) is 7.61. The minimum Gasteiger partial charge on any atom is -0.385 e. The van der Waals surface area contributed by atoms with Crippen LogP contribution >= 0.6 is 0 Å². The third kappa shape index (κ3) is 1.07. The van der Waals surface area contributed by atoms with Crippen LogP contribution in [0.5, 0.6) is 0 Å². The lowest BCUT2D eigenvalue weighted by Crippen LogP contribution is -2.37. The van der Waals surface area contributed by atoms with Crippen LogP contribution < -0.4 is 5.73 Å². The van der Waals surface area contributed by atoms with Crippen molar-refractivity contribution in [2.75, 3.05) is 0 Å². The summed E-state index contributed by atoms with van der Waals surface area (Å²) in [5.74, 6) is -0.479. The maximum atomic E-state index is 13.2. The second-order valence-electron chi connectivity index (χ2n) is 2.09. The Morgan fingerprint density at radius 1 is 1.40 bits per heavy atom. The number of rotatable bonds is 1. The van der Waals surface area contributed by atoms with Gasteiger partial charge in [-0.3, -0.25) is 5.41 Å². The number of alkyl halides is 1. The smallest absolute Gasteiger partial charge is 0.192 e. The van der Waals surface area contributed by atoms with Crippen LogP contribution in [-0.2, 0) is 0 Å². The Kier molecular flexibility index (Phi) is 1.57. The molecule has 1 unspecified atom stereocenters. The van der Waals surface area contributed by atoms with E-state index in [2.05, 4.69) is 0 Å². The van der Waals surface area contributed by atoms with Crippen molar-refractivity contribution in [2.24, 2.45) is 5.73 Å². The SMILES string of the molecule is N=C(N)C1(F)[CH]C=CC=C1. The first kappa shape index (κ1) is 6.99. The van der Waals surface area contributed by atoms with Gasteiger partial charge in [-0.15, -0.1) is 0 Å². The Labute approximate surface area is 58.7 Å². The number of allylic oxidation sites excluding steroid dienone is 3.